The molecule has 0 radical (unpaired) electrons. The zero-order valence-electron chi connectivity index (χ0n) is 13.6. The average molecular weight is 423 g/mol. The maximum absolute atomic E-state index is 13.3. The van der Waals surface area contributed by atoms with Crippen molar-refractivity contribution in [3.8, 4) is 11.3 Å². The summed E-state index contributed by atoms with van der Waals surface area (Å²) in [6.45, 7) is 0. The van der Waals surface area contributed by atoms with Gasteiger partial charge < -0.3 is 5.73 Å². The predicted molar refractivity (Wildman–Crippen MR) is 101 cm³/mol. The Morgan fingerprint density at radius 2 is 1.86 bits per heavy atom. The summed E-state index contributed by atoms with van der Waals surface area (Å²) in [7, 11) is 0. The van der Waals surface area contributed by atoms with Gasteiger partial charge in [0, 0.05) is 11.6 Å². The van der Waals surface area contributed by atoms with Crippen molar-refractivity contribution < 1.29 is 14.2 Å². The molecule has 1 aromatic heterocycles. The van der Waals surface area contributed by atoms with Crippen molar-refractivity contribution >= 4 is 50.1 Å². The van der Waals surface area contributed by atoms with Crippen LogP contribution in [0.3, 0.4) is 0 Å². The molecule has 0 fully saturated rings. The lowest BCUT2D eigenvalue weighted by molar-refractivity contribution is -0.393. The van der Waals surface area contributed by atoms with Crippen molar-refractivity contribution in [2.45, 2.75) is 0 Å². The van der Waals surface area contributed by atoms with Gasteiger partial charge in [-0.25, -0.2) is 9.37 Å². The molecule has 2 N–H and O–H groups in total. The van der Waals surface area contributed by atoms with E-state index in [1.807, 2.05) is 0 Å². The summed E-state index contributed by atoms with van der Waals surface area (Å²) in [6, 6.07) is 6.62. The fourth-order valence-corrected chi connectivity index (χ4v) is 3.13. The Morgan fingerprint density at radius 1 is 1.11 bits per heavy atom. The first-order valence-electron chi connectivity index (χ1n) is 7.32. The standard InChI is InChI=1S/C15H8ClFN6O4S/c16-10-5-7(17)1-3-9(10)13-14(28-15(18)19-13)21-20-11-4-2-8(22(24)25)6-12(11)23(26)27/h1-6H,(H2,18,19). The third-order valence-corrected chi connectivity index (χ3v) is 4.51. The van der Waals surface area contributed by atoms with E-state index in [1.165, 1.54) is 12.1 Å². The zero-order valence-corrected chi connectivity index (χ0v) is 15.1. The lowest BCUT2D eigenvalue weighted by Crippen LogP contribution is -1.92. The summed E-state index contributed by atoms with van der Waals surface area (Å²) in [5.41, 5.74) is 5.04. The Hall–Kier alpha value is -3.51. The number of benzene rings is 2. The van der Waals surface area contributed by atoms with Crippen LogP contribution >= 0.6 is 22.9 Å². The highest BCUT2D eigenvalue weighted by Gasteiger charge is 2.20. The van der Waals surface area contributed by atoms with Crippen LogP contribution in [0.15, 0.2) is 46.6 Å². The van der Waals surface area contributed by atoms with E-state index in [4.69, 9.17) is 17.3 Å². The van der Waals surface area contributed by atoms with Gasteiger partial charge in [0.1, 0.15) is 11.5 Å². The number of halogens is 2. The number of hydrogen-bond acceptors (Lipinski definition) is 9. The maximum atomic E-state index is 13.3. The summed E-state index contributed by atoms with van der Waals surface area (Å²) in [5.74, 6) is -0.540. The van der Waals surface area contributed by atoms with Gasteiger partial charge in [-0.2, -0.15) is 0 Å². The monoisotopic (exact) mass is 422 g/mol. The van der Waals surface area contributed by atoms with Crippen molar-refractivity contribution in [2.75, 3.05) is 5.73 Å². The van der Waals surface area contributed by atoms with Gasteiger partial charge in [0.2, 0.25) is 0 Å². The Labute approximate surface area is 164 Å². The number of aromatic nitrogens is 1. The zero-order chi connectivity index (χ0) is 20.4. The van der Waals surface area contributed by atoms with Crippen molar-refractivity contribution in [2.24, 2.45) is 10.2 Å². The minimum absolute atomic E-state index is 0.0723. The quantitative estimate of drug-likeness (QED) is 0.329. The second-order valence-electron chi connectivity index (χ2n) is 5.22. The first kappa shape index (κ1) is 19.3. The molecule has 0 saturated heterocycles. The summed E-state index contributed by atoms with van der Waals surface area (Å²) in [6.07, 6.45) is 0. The van der Waals surface area contributed by atoms with Gasteiger partial charge in [-0.15, -0.1) is 10.2 Å². The summed E-state index contributed by atoms with van der Waals surface area (Å²) in [5, 5.41) is 30.1. The van der Waals surface area contributed by atoms with Crippen LogP contribution in [-0.2, 0) is 0 Å². The first-order valence-corrected chi connectivity index (χ1v) is 8.52. The van der Waals surface area contributed by atoms with Gasteiger partial charge in [0.05, 0.1) is 20.9 Å². The van der Waals surface area contributed by atoms with Crippen LogP contribution in [0.5, 0.6) is 0 Å². The lowest BCUT2D eigenvalue weighted by atomic mass is 10.1. The number of thiazole rings is 1. The number of nitro benzene ring substituents is 2. The second-order valence-corrected chi connectivity index (χ2v) is 6.63. The number of non-ortho nitro benzene ring substituents is 1. The number of nitrogen functional groups attached to an aromatic ring is 1. The molecular weight excluding hydrogens is 415 g/mol. The maximum Gasteiger partial charge on any atom is 0.303 e. The molecule has 0 amide bonds. The third-order valence-electron chi connectivity index (χ3n) is 3.43. The van der Waals surface area contributed by atoms with Crippen LogP contribution in [-0.4, -0.2) is 14.8 Å². The number of hydrogen-bond donors (Lipinski definition) is 1. The van der Waals surface area contributed by atoms with Gasteiger partial charge in [-0.05, 0) is 24.3 Å². The van der Waals surface area contributed by atoms with E-state index in [0.29, 0.717) is 5.56 Å². The summed E-state index contributed by atoms with van der Waals surface area (Å²) in [4.78, 5) is 24.5. The van der Waals surface area contributed by atoms with Crippen LogP contribution in [0.25, 0.3) is 11.3 Å². The van der Waals surface area contributed by atoms with Gasteiger partial charge >= 0.3 is 5.69 Å². The largest absolute Gasteiger partial charge is 0.375 e. The van der Waals surface area contributed by atoms with Gasteiger partial charge in [0.25, 0.3) is 5.69 Å². The molecule has 0 unspecified atom stereocenters. The molecule has 0 saturated carbocycles. The molecule has 0 bridgehead atoms. The molecule has 1 heterocycles. The van der Waals surface area contributed by atoms with E-state index in [0.717, 1.165) is 35.6 Å². The Kier molecular flexibility index (Phi) is 5.24. The minimum Gasteiger partial charge on any atom is -0.375 e. The smallest absolute Gasteiger partial charge is 0.303 e. The molecular formula is C15H8ClFN6O4S. The molecule has 0 atom stereocenters. The highest BCUT2D eigenvalue weighted by molar-refractivity contribution is 7.19. The van der Waals surface area contributed by atoms with Crippen molar-refractivity contribution in [3.05, 3.63) is 67.5 Å². The van der Waals surface area contributed by atoms with Gasteiger partial charge in [0.15, 0.2) is 15.8 Å². The number of nitro groups is 2. The van der Waals surface area contributed by atoms with Crippen molar-refractivity contribution in [1.29, 1.82) is 0 Å². The fraction of sp³-hybridized carbons (Fsp3) is 0. The highest BCUT2D eigenvalue weighted by Crippen LogP contribution is 2.41. The minimum atomic E-state index is -0.805. The van der Waals surface area contributed by atoms with E-state index < -0.39 is 27.0 Å². The Bertz CT molecular complexity index is 1140. The molecule has 28 heavy (non-hydrogen) atoms. The number of azo groups is 1. The number of nitrogens with zero attached hydrogens (tertiary/aromatic N) is 5. The molecule has 2 aromatic carbocycles. The van der Waals surface area contributed by atoms with Crippen molar-refractivity contribution in [3.63, 3.8) is 0 Å². The molecule has 10 nitrogen and oxygen atoms in total. The van der Waals surface area contributed by atoms with Gasteiger partial charge in [-0.3, -0.25) is 20.2 Å². The van der Waals surface area contributed by atoms with Crippen molar-refractivity contribution in [1.82, 2.24) is 4.98 Å². The van der Waals surface area contributed by atoms with E-state index in [-0.39, 0.29) is 26.5 Å². The second kappa shape index (κ2) is 7.62. The predicted octanol–water partition coefficient (Wildman–Crippen LogP) is 5.42. The topological polar surface area (TPSA) is 150 Å². The van der Waals surface area contributed by atoms with E-state index >= 15 is 0 Å². The normalized spacial score (nSPS) is 11.1. The Morgan fingerprint density at radius 3 is 2.50 bits per heavy atom. The fourth-order valence-electron chi connectivity index (χ4n) is 2.21. The molecule has 13 heteroatoms. The number of nitrogens with two attached hydrogens (primary N) is 1. The van der Waals surface area contributed by atoms with Crippen LogP contribution in [0, 0.1) is 26.0 Å². The highest BCUT2D eigenvalue weighted by atomic mass is 35.5. The van der Waals surface area contributed by atoms with Crippen LogP contribution in [0.1, 0.15) is 0 Å². The molecule has 3 rings (SSSR count). The number of anilines is 1. The third kappa shape index (κ3) is 3.92. The van der Waals surface area contributed by atoms with E-state index in [9.17, 15) is 24.6 Å². The van der Waals surface area contributed by atoms with E-state index in [2.05, 4.69) is 15.2 Å². The Balaban J connectivity index is 2.05. The van der Waals surface area contributed by atoms with Crippen LogP contribution in [0.4, 0.5) is 31.6 Å². The SMILES string of the molecule is Nc1nc(-c2ccc(F)cc2Cl)c(N=Nc2ccc([N+](=O)[O-])cc2[N+](=O)[O-])s1. The molecule has 0 aliphatic carbocycles. The van der Waals surface area contributed by atoms with Gasteiger partial charge in [-0.1, -0.05) is 22.9 Å². The average Bonchev–Trinajstić information content (AvgIpc) is 3.00. The molecule has 142 valence electrons. The first-order chi connectivity index (χ1) is 13.3. The van der Waals surface area contributed by atoms with Crippen LogP contribution < -0.4 is 5.73 Å². The molecule has 0 aliphatic heterocycles. The summed E-state index contributed by atoms with van der Waals surface area (Å²) >= 11 is 6.97. The van der Waals surface area contributed by atoms with Crippen LogP contribution in [0.2, 0.25) is 5.02 Å². The number of rotatable bonds is 5. The van der Waals surface area contributed by atoms with E-state index in [1.54, 1.807) is 0 Å². The summed E-state index contributed by atoms with van der Waals surface area (Å²) < 4.78 is 13.3. The molecule has 0 aliphatic rings. The molecule has 3 aromatic rings. The lowest BCUT2D eigenvalue weighted by Gasteiger charge is -2.02. The molecule has 0 spiro atoms.